The maximum absolute atomic E-state index is 14.2. The molecule has 0 unspecified atom stereocenters. The molecule has 0 saturated heterocycles. The summed E-state index contributed by atoms with van der Waals surface area (Å²) in [4.78, 5) is 29.0. The fraction of sp³-hybridized carbons (Fsp3) is 0.355. The number of rotatable bonds is 13. The van der Waals surface area contributed by atoms with E-state index in [-0.39, 0.29) is 29.0 Å². The third-order valence-corrected chi connectivity index (χ3v) is 8.86. The number of benzene rings is 3. The van der Waals surface area contributed by atoms with Crippen LogP contribution in [0.4, 0.5) is 5.69 Å². The van der Waals surface area contributed by atoms with Gasteiger partial charge >= 0.3 is 0 Å². The normalized spacial score (nSPS) is 12.1. The highest BCUT2D eigenvalue weighted by molar-refractivity contribution is 7.92. The first kappa shape index (κ1) is 32.0. The van der Waals surface area contributed by atoms with Gasteiger partial charge in [-0.1, -0.05) is 68.8 Å². The molecule has 1 atom stereocenters. The molecule has 0 aliphatic heterocycles. The third-order valence-electron chi connectivity index (χ3n) is 6.68. The summed E-state index contributed by atoms with van der Waals surface area (Å²) in [6.45, 7) is 7.50. The van der Waals surface area contributed by atoms with E-state index in [4.69, 9.17) is 16.3 Å². The zero-order valence-electron chi connectivity index (χ0n) is 24.1. The van der Waals surface area contributed by atoms with Crippen molar-refractivity contribution in [3.63, 3.8) is 0 Å². The number of carbonyl (C=O) groups excluding carboxylic acids is 2. The van der Waals surface area contributed by atoms with Gasteiger partial charge in [-0.05, 0) is 66.8 Å². The van der Waals surface area contributed by atoms with Crippen molar-refractivity contribution in [2.24, 2.45) is 5.92 Å². The van der Waals surface area contributed by atoms with Gasteiger partial charge in [0.15, 0.2) is 0 Å². The van der Waals surface area contributed by atoms with Crippen molar-refractivity contribution < 1.29 is 22.7 Å². The molecule has 3 aromatic rings. The SMILES string of the molecule is CC[C@@H](C(=O)NCC(C)C)N(Cc1cccc(OC)c1)C(=O)CN(c1cccc(Cl)c1C)S(=O)(=O)c1ccccc1. The lowest BCUT2D eigenvalue weighted by Crippen LogP contribution is -2.52. The summed E-state index contributed by atoms with van der Waals surface area (Å²) in [5.41, 5.74) is 1.54. The van der Waals surface area contributed by atoms with Gasteiger partial charge in [0.2, 0.25) is 11.8 Å². The predicted molar refractivity (Wildman–Crippen MR) is 163 cm³/mol. The van der Waals surface area contributed by atoms with Crippen LogP contribution in [0.3, 0.4) is 0 Å². The van der Waals surface area contributed by atoms with Gasteiger partial charge in [0, 0.05) is 18.1 Å². The number of nitrogens with zero attached hydrogens (tertiary/aromatic N) is 2. The number of carbonyl (C=O) groups is 2. The molecule has 3 aromatic carbocycles. The molecule has 41 heavy (non-hydrogen) atoms. The quantitative estimate of drug-likeness (QED) is 0.283. The molecule has 10 heteroatoms. The van der Waals surface area contributed by atoms with E-state index in [1.165, 1.54) is 17.0 Å². The Balaban J connectivity index is 2.09. The van der Waals surface area contributed by atoms with Gasteiger partial charge < -0.3 is 15.0 Å². The highest BCUT2D eigenvalue weighted by Crippen LogP contribution is 2.31. The monoisotopic (exact) mass is 599 g/mol. The van der Waals surface area contributed by atoms with Gasteiger partial charge in [0.25, 0.3) is 10.0 Å². The molecule has 1 N–H and O–H groups in total. The van der Waals surface area contributed by atoms with Crippen LogP contribution in [-0.4, -0.2) is 51.4 Å². The second kappa shape index (κ2) is 14.4. The molecular weight excluding hydrogens is 562 g/mol. The van der Waals surface area contributed by atoms with Crippen molar-refractivity contribution in [1.29, 1.82) is 0 Å². The van der Waals surface area contributed by atoms with Crippen LogP contribution in [-0.2, 0) is 26.2 Å². The van der Waals surface area contributed by atoms with Crippen LogP contribution in [0.5, 0.6) is 5.75 Å². The summed E-state index contributed by atoms with van der Waals surface area (Å²) in [7, 11) is -2.62. The Bertz CT molecular complexity index is 1450. The molecule has 0 aliphatic carbocycles. The molecule has 0 fully saturated rings. The molecule has 3 rings (SSSR count). The van der Waals surface area contributed by atoms with Gasteiger partial charge in [0.1, 0.15) is 18.3 Å². The van der Waals surface area contributed by atoms with E-state index in [0.717, 1.165) is 9.87 Å². The van der Waals surface area contributed by atoms with Crippen molar-refractivity contribution in [2.75, 3.05) is 24.5 Å². The Morgan fingerprint density at radius 2 is 1.68 bits per heavy atom. The summed E-state index contributed by atoms with van der Waals surface area (Å²) < 4.78 is 34.4. The molecule has 2 amide bonds. The van der Waals surface area contributed by atoms with Crippen LogP contribution in [0.15, 0.2) is 77.7 Å². The molecule has 0 aromatic heterocycles. The first-order valence-electron chi connectivity index (χ1n) is 13.5. The van der Waals surface area contributed by atoms with E-state index in [1.54, 1.807) is 68.6 Å². The molecule has 220 valence electrons. The van der Waals surface area contributed by atoms with E-state index < -0.39 is 28.5 Å². The Morgan fingerprint density at radius 3 is 2.32 bits per heavy atom. The number of sulfonamides is 1. The van der Waals surface area contributed by atoms with Gasteiger partial charge in [-0.3, -0.25) is 13.9 Å². The van der Waals surface area contributed by atoms with E-state index in [2.05, 4.69) is 5.32 Å². The lowest BCUT2D eigenvalue weighted by atomic mass is 10.1. The summed E-state index contributed by atoms with van der Waals surface area (Å²) in [6, 6.07) is 19.2. The van der Waals surface area contributed by atoms with Gasteiger partial charge in [-0.15, -0.1) is 0 Å². The van der Waals surface area contributed by atoms with E-state index in [9.17, 15) is 18.0 Å². The van der Waals surface area contributed by atoms with Crippen molar-refractivity contribution >= 4 is 39.1 Å². The minimum absolute atomic E-state index is 0.0354. The Kier molecular flexibility index (Phi) is 11.2. The van der Waals surface area contributed by atoms with Crippen LogP contribution in [0.2, 0.25) is 5.02 Å². The maximum atomic E-state index is 14.2. The number of hydrogen-bond acceptors (Lipinski definition) is 5. The number of halogens is 1. The van der Waals surface area contributed by atoms with E-state index in [1.807, 2.05) is 26.8 Å². The summed E-state index contributed by atoms with van der Waals surface area (Å²) in [5, 5.41) is 3.30. The molecule has 0 radical (unpaired) electrons. The smallest absolute Gasteiger partial charge is 0.264 e. The molecular formula is C31H38ClN3O5S. The van der Waals surface area contributed by atoms with Gasteiger partial charge in [-0.25, -0.2) is 8.42 Å². The van der Waals surface area contributed by atoms with Crippen LogP contribution in [0.1, 0.15) is 38.3 Å². The Morgan fingerprint density at radius 1 is 1.00 bits per heavy atom. The van der Waals surface area contributed by atoms with Crippen LogP contribution in [0, 0.1) is 12.8 Å². The minimum Gasteiger partial charge on any atom is -0.497 e. The van der Waals surface area contributed by atoms with Crippen LogP contribution < -0.4 is 14.4 Å². The zero-order valence-corrected chi connectivity index (χ0v) is 25.7. The van der Waals surface area contributed by atoms with Gasteiger partial charge in [0.05, 0.1) is 17.7 Å². The second-order valence-electron chi connectivity index (χ2n) is 10.1. The van der Waals surface area contributed by atoms with E-state index >= 15 is 0 Å². The number of ether oxygens (including phenoxy) is 1. The standard InChI is InChI=1S/C31H38ClN3O5S/c1-6-28(31(37)33-19-22(2)3)34(20-24-12-10-13-25(18-24)40-5)30(36)21-35(29-17-11-16-27(32)23(29)4)41(38,39)26-14-8-7-9-15-26/h7-18,22,28H,6,19-21H2,1-5H3,(H,33,37)/t28-/m0/s1. The number of methoxy groups -OCH3 is 1. The van der Waals surface area contributed by atoms with Crippen molar-refractivity contribution in [3.8, 4) is 5.75 Å². The number of hydrogen-bond donors (Lipinski definition) is 1. The average molecular weight is 600 g/mol. The number of amides is 2. The average Bonchev–Trinajstić information content (AvgIpc) is 2.96. The van der Waals surface area contributed by atoms with Crippen molar-refractivity contribution in [2.45, 2.75) is 51.6 Å². The molecule has 0 bridgehead atoms. The topological polar surface area (TPSA) is 96.0 Å². The third kappa shape index (κ3) is 8.01. The summed E-state index contributed by atoms with van der Waals surface area (Å²) in [6.07, 6.45) is 0.335. The molecule has 8 nitrogen and oxygen atoms in total. The Labute approximate surface area is 248 Å². The fourth-order valence-corrected chi connectivity index (χ4v) is 6.07. The second-order valence-corrected chi connectivity index (χ2v) is 12.4. The van der Waals surface area contributed by atoms with Gasteiger partial charge in [-0.2, -0.15) is 0 Å². The Hall–Kier alpha value is -3.56. The number of nitrogens with one attached hydrogen (secondary N) is 1. The number of anilines is 1. The maximum Gasteiger partial charge on any atom is 0.264 e. The lowest BCUT2D eigenvalue weighted by Gasteiger charge is -2.33. The molecule has 0 aliphatic rings. The molecule has 0 heterocycles. The predicted octanol–water partition coefficient (Wildman–Crippen LogP) is 5.43. The van der Waals surface area contributed by atoms with Crippen molar-refractivity contribution in [1.82, 2.24) is 10.2 Å². The zero-order chi connectivity index (χ0) is 30.2. The highest BCUT2D eigenvalue weighted by Gasteiger charge is 2.34. The highest BCUT2D eigenvalue weighted by atomic mass is 35.5. The molecule has 0 saturated carbocycles. The fourth-order valence-electron chi connectivity index (χ4n) is 4.41. The summed E-state index contributed by atoms with van der Waals surface area (Å²) in [5.74, 6) is -0.00144. The van der Waals surface area contributed by atoms with Crippen LogP contribution in [0.25, 0.3) is 0 Å². The lowest BCUT2D eigenvalue weighted by molar-refractivity contribution is -0.140. The molecule has 0 spiro atoms. The van der Waals surface area contributed by atoms with Crippen LogP contribution >= 0.6 is 11.6 Å². The van der Waals surface area contributed by atoms with Crippen molar-refractivity contribution in [3.05, 3.63) is 88.9 Å². The first-order chi connectivity index (χ1) is 19.5. The minimum atomic E-state index is -4.17. The summed E-state index contributed by atoms with van der Waals surface area (Å²) >= 11 is 6.38. The first-order valence-corrected chi connectivity index (χ1v) is 15.3. The largest absolute Gasteiger partial charge is 0.497 e. The van der Waals surface area contributed by atoms with E-state index in [0.29, 0.717) is 29.3 Å².